The van der Waals surface area contributed by atoms with E-state index in [1.54, 1.807) is 0 Å². The SMILES string of the molecule is c1ccc(-c2c(-c3ccc(N(c4ccccc4)c4ccc(-c5ccc(N(c6ccccc6)c6ccccc6)cc5)cc4)cc3)c(-c3ccc(N(c4ccccc4)c4ccc(-c5ccc(N(c6ccccc6)c6ccccc6)cc5)cc4)cc3)c(-c3ccccc3)c3ccccc23)cc1. The van der Waals surface area contributed by atoms with E-state index in [0.29, 0.717) is 0 Å². The highest BCUT2D eigenvalue weighted by atomic mass is 15.2. The summed E-state index contributed by atoms with van der Waals surface area (Å²) < 4.78 is 0. The highest BCUT2D eigenvalue weighted by molar-refractivity contribution is 6.18. The fraction of sp³-hybridized carbons (Fsp3) is 0. The lowest BCUT2D eigenvalue weighted by atomic mass is 9.79. The fourth-order valence-electron chi connectivity index (χ4n) is 13.8. The Morgan fingerprint density at radius 1 is 0.102 bits per heavy atom. The smallest absolute Gasteiger partial charge is 0.0462 e. The van der Waals surface area contributed by atoms with E-state index in [-0.39, 0.29) is 0 Å². The van der Waals surface area contributed by atoms with Crippen molar-refractivity contribution in [3.63, 3.8) is 0 Å². The summed E-state index contributed by atoms with van der Waals surface area (Å²) in [7, 11) is 0. The monoisotopic (exact) mass is 1250 g/mol. The van der Waals surface area contributed by atoms with Gasteiger partial charge in [0.05, 0.1) is 0 Å². The second-order valence-corrected chi connectivity index (χ2v) is 24.4. The lowest BCUT2D eigenvalue weighted by molar-refractivity contribution is 1.28. The van der Waals surface area contributed by atoms with Gasteiger partial charge in [0, 0.05) is 68.2 Å². The van der Waals surface area contributed by atoms with Crippen LogP contribution in [-0.4, -0.2) is 0 Å². The molecule has 4 heteroatoms. The van der Waals surface area contributed by atoms with Crippen LogP contribution in [0.15, 0.2) is 413 Å². The van der Waals surface area contributed by atoms with Gasteiger partial charge >= 0.3 is 0 Å². The van der Waals surface area contributed by atoms with Gasteiger partial charge in [-0.2, -0.15) is 0 Å². The second-order valence-electron chi connectivity index (χ2n) is 24.4. The van der Waals surface area contributed by atoms with Gasteiger partial charge in [-0.05, 0) is 223 Å². The summed E-state index contributed by atoms with van der Waals surface area (Å²) in [5.74, 6) is 0. The summed E-state index contributed by atoms with van der Waals surface area (Å²) in [6.45, 7) is 0. The Kier molecular flexibility index (Phi) is 16.8. The van der Waals surface area contributed by atoms with Crippen molar-refractivity contribution in [2.24, 2.45) is 0 Å². The van der Waals surface area contributed by atoms with E-state index >= 15 is 0 Å². The molecule has 0 N–H and O–H groups in total. The Morgan fingerprint density at radius 2 is 0.245 bits per heavy atom. The van der Waals surface area contributed by atoms with Crippen LogP contribution in [0.3, 0.4) is 0 Å². The number of hydrogen-bond acceptors (Lipinski definition) is 4. The Bertz CT molecular complexity index is 4860. The van der Waals surface area contributed by atoms with E-state index in [1.165, 1.54) is 33.0 Å². The standard InChI is InChI=1S/C94H68N4/c1-9-27-73(28-10-1)91-89-43-25-26-44-90(89)92(74-29-11-2-12-30-74)94(76-55-67-88(68-56-76)98(82-41-23-8-24-42-82)86-63-51-72(52-64-86)70-47-59-84(60-48-70)96(79-35-17-5-18-36-79)80-37-19-6-20-38-80)93(91)75-53-65-87(66-54-75)97(81-39-21-7-22-40-81)85-61-49-71(50-62-85)69-45-57-83(58-46-69)95(77-31-13-3-14-32-77)78-33-15-4-16-34-78/h1-68H. The molecule has 0 fully saturated rings. The zero-order valence-electron chi connectivity index (χ0n) is 54.0. The molecule has 16 rings (SSSR count). The van der Waals surface area contributed by atoms with E-state index in [2.05, 4.69) is 432 Å². The third-order valence-electron chi connectivity index (χ3n) is 18.4. The quantitative estimate of drug-likeness (QED) is 0.0849. The van der Waals surface area contributed by atoms with Crippen LogP contribution in [0.5, 0.6) is 0 Å². The maximum absolute atomic E-state index is 2.36. The molecule has 0 saturated heterocycles. The Morgan fingerprint density at radius 3 is 0.439 bits per heavy atom. The molecule has 0 bridgehead atoms. The van der Waals surface area contributed by atoms with Crippen LogP contribution in [0.25, 0.3) is 77.5 Å². The minimum atomic E-state index is 1.05. The van der Waals surface area contributed by atoms with Crippen LogP contribution in [0.1, 0.15) is 0 Å². The van der Waals surface area contributed by atoms with Crippen molar-refractivity contribution < 1.29 is 0 Å². The zero-order valence-corrected chi connectivity index (χ0v) is 54.0. The first-order valence-corrected chi connectivity index (χ1v) is 33.5. The minimum absolute atomic E-state index is 1.05. The first kappa shape index (κ1) is 60.0. The van der Waals surface area contributed by atoms with Gasteiger partial charge in [-0.3, -0.25) is 0 Å². The molecule has 16 aromatic rings. The first-order chi connectivity index (χ1) is 48.6. The highest BCUT2D eigenvalue weighted by Gasteiger charge is 2.26. The van der Waals surface area contributed by atoms with Gasteiger partial charge in [-0.25, -0.2) is 0 Å². The molecule has 0 aromatic heterocycles. The number of nitrogens with zero attached hydrogens (tertiary/aromatic N) is 4. The summed E-state index contributed by atoms with van der Waals surface area (Å²) in [6.07, 6.45) is 0. The van der Waals surface area contributed by atoms with Crippen LogP contribution in [0, 0.1) is 0 Å². The maximum atomic E-state index is 2.36. The molecule has 0 aliphatic heterocycles. The van der Waals surface area contributed by atoms with Crippen molar-refractivity contribution in [2.75, 3.05) is 19.6 Å². The molecular weight excluding hydrogens is 1190 g/mol. The number of fused-ring (bicyclic) bond motifs is 1. The third kappa shape index (κ3) is 12.2. The predicted molar refractivity (Wildman–Crippen MR) is 415 cm³/mol. The molecule has 0 radical (unpaired) electrons. The van der Waals surface area contributed by atoms with Gasteiger partial charge in [-0.15, -0.1) is 0 Å². The minimum Gasteiger partial charge on any atom is -0.311 e. The van der Waals surface area contributed by atoms with Crippen molar-refractivity contribution in [1.29, 1.82) is 0 Å². The van der Waals surface area contributed by atoms with Gasteiger partial charge in [-0.1, -0.05) is 267 Å². The molecule has 0 spiro atoms. The molecule has 4 nitrogen and oxygen atoms in total. The number of rotatable bonds is 18. The van der Waals surface area contributed by atoms with Crippen molar-refractivity contribution in [3.8, 4) is 66.8 Å². The molecule has 0 aliphatic carbocycles. The van der Waals surface area contributed by atoms with Gasteiger partial charge in [0.1, 0.15) is 0 Å². The average molecular weight is 1250 g/mol. The van der Waals surface area contributed by atoms with Crippen molar-refractivity contribution in [3.05, 3.63) is 413 Å². The molecule has 0 amide bonds. The average Bonchev–Trinajstić information content (AvgIpc) is 0.725. The van der Waals surface area contributed by atoms with E-state index < -0.39 is 0 Å². The third-order valence-corrected chi connectivity index (χ3v) is 18.4. The molecule has 464 valence electrons. The van der Waals surface area contributed by atoms with Gasteiger partial charge in [0.25, 0.3) is 0 Å². The fourth-order valence-corrected chi connectivity index (χ4v) is 13.8. The van der Waals surface area contributed by atoms with Gasteiger partial charge in [0.15, 0.2) is 0 Å². The molecule has 0 aliphatic rings. The number of benzene rings is 16. The van der Waals surface area contributed by atoms with Crippen LogP contribution in [0.2, 0.25) is 0 Å². The summed E-state index contributed by atoms with van der Waals surface area (Å²) in [5.41, 5.74) is 26.9. The molecule has 98 heavy (non-hydrogen) atoms. The Balaban J connectivity index is 0.771. The molecule has 0 unspecified atom stereocenters. The molecule has 16 aromatic carbocycles. The van der Waals surface area contributed by atoms with Crippen LogP contribution in [-0.2, 0) is 0 Å². The van der Waals surface area contributed by atoms with Crippen LogP contribution in [0.4, 0.5) is 68.2 Å². The van der Waals surface area contributed by atoms with E-state index in [1.807, 2.05) is 0 Å². The number of anilines is 12. The Labute approximate surface area is 574 Å². The number of para-hydroxylation sites is 6. The van der Waals surface area contributed by atoms with E-state index in [9.17, 15) is 0 Å². The lowest BCUT2D eigenvalue weighted by Crippen LogP contribution is -2.10. The highest BCUT2D eigenvalue weighted by Crippen LogP contribution is 2.52. The van der Waals surface area contributed by atoms with Crippen molar-refractivity contribution in [1.82, 2.24) is 0 Å². The van der Waals surface area contributed by atoms with Gasteiger partial charge < -0.3 is 19.6 Å². The van der Waals surface area contributed by atoms with E-state index in [4.69, 9.17) is 0 Å². The normalized spacial score (nSPS) is 11.1. The zero-order chi connectivity index (χ0) is 65.4. The summed E-state index contributed by atoms with van der Waals surface area (Å²) in [4.78, 5) is 9.32. The molecule has 0 heterocycles. The lowest BCUT2D eigenvalue weighted by Gasteiger charge is -2.28. The molecule has 0 saturated carbocycles. The van der Waals surface area contributed by atoms with Crippen molar-refractivity contribution >= 4 is 79.0 Å². The molecule has 0 atom stereocenters. The van der Waals surface area contributed by atoms with Crippen molar-refractivity contribution in [2.45, 2.75) is 0 Å². The molecular formula is C94H68N4. The topological polar surface area (TPSA) is 13.0 Å². The van der Waals surface area contributed by atoms with Crippen LogP contribution < -0.4 is 19.6 Å². The first-order valence-electron chi connectivity index (χ1n) is 33.5. The van der Waals surface area contributed by atoms with Gasteiger partial charge in [0.2, 0.25) is 0 Å². The van der Waals surface area contributed by atoms with Crippen LogP contribution >= 0.6 is 0 Å². The summed E-state index contributed by atoms with van der Waals surface area (Å²) in [5, 5.41) is 2.39. The second kappa shape index (κ2) is 27.5. The number of hydrogen-bond donors (Lipinski definition) is 0. The van der Waals surface area contributed by atoms with E-state index in [0.717, 1.165) is 113 Å². The summed E-state index contributed by atoms with van der Waals surface area (Å²) in [6, 6.07) is 149. The Hall–Kier alpha value is -13.0. The maximum Gasteiger partial charge on any atom is 0.0462 e. The largest absolute Gasteiger partial charge is 0.311 e. The predicted octanol–water partition coefficient (Wildman–Crippen LogP) is 26.7. The summed E-state index contributed by atoms with van der Waals surface area (Å²) >= 11 is 0.